The zero-order valence-electron chi connectivity index (χ0n) is 12.0. The molecule has 3 rings (SSSR count). The van der Waals surface area contributed by atoms with Crippen molar-refractivity contribution in [3.8, 4) is 0 Å². The maximum absolute atomic E-state index is 6.40. The van der Waals surface area contributed by atoms with E-state index in [1.54, 1.807) is 0 Å². The highest BCUT2D eigenvalue weighted by molar-refractivity contribution is 6.36. The monoisotopic (exact) mass is 319 g/mol. The molecule has 0 aliphatic heterocycles. The van der Waals surface area contributed by atoms with Crippen molar-refractivity contribution >= 4 is 23.2 Å². The second-order valence-corrected chi connectivity index (χ2v) is 6.40. The molecule has 1 nitrogen and oxygen atoms in total. The summed E-state index contributed by atoms with van der Waals surface area (Å²) in [6.07, 6.45) is 1.18. The minimum absolute atomic E-state index is 0.224. The highest BCUT2D eigenvalue weighted by Crippen LogP contribution is 2.55. The maximum atomic E-state index is 6.40. The molecule has 0 bridgehead atoms. The van der Waals surface area contributed by atoms with Crippen LogP contribution in [0.5, 0.6) is 0 Å². The van der Waals surface area contributed by atoms with Crippen LogP contribution in [0.2, 0.25) is 10.0 Å². The van der Waals surface area contributed by atoms with Gasteiger partial charge in [0.2, 0.25) is 0 Å². The fraction of sp³-hybridized carbons (Fsp3) is 0.333. The van der Waals surface area contributed by atoms with Gasteiger partial charge in [-0.05, 0) is 42.5 Å². The van der Waals surface area contributed by atoms with Crippen LogP contribution in [-0.4, -0.2) is 6.54 Å². The molecule has 0 saturated heterocycles. The Kier molecular flexibility index (Phi) is 4.54. The summed E-state index contributed by atoms with van der Waals surface area (Å²) in [4.78, 5) is 0. The van der Waals surface area contributed by atoms with Gasteiger partial charge < -0.3 is 5.32 Å². The minimum Gasteiger partial charge on any atom is -0.310 e. The third-order valence-corrected chi connectivity index (χ3v) is 4.89. The molecule has 0 amide bonds. The van der Waals surface area contributed by atoms with Crippen LogP contribution in [0.3, 0.4) is 0 Å². The van der Waals surface area contributed by atoms with Gasteiger partial charge in [-0.3, -0.25) is 0 Å². The topological polar surface area (TPSA) is 12.0 Å². The molecule has 1 saturated carbocycles. The number of halogens is 2. The molecular weight excluding hydrogens is 301 g/mol. The Balaban J connectivity index is 1.87. The Hall–Kier alpha value is -1.02. The number of benzene rings is 2. The molecule has 1 aliphatic rings. The van der Waals surface area contributed by atoms with Crippen molar-refractivity contribution in [3.05, 3.63) is 69.7 Å². The molecule has 110 valence electrons. The van der Waals surface area contributed by atoms with E-state index in [0.717, 1.165) is 22.2 Å². The Morgan fingerprint density at radius 3 is 2.33 bits per heavy atom. The van der Waals surface area contributed by atoms with Crippen LogP contribution < -0.4 is 5.32 Å². The number of hydrogen-bond acceptors (Lipinski definition) is 1. The standard InChI is InChI=1S/C18H19Cl2N/c1-2-21-18(17-15(19)9-6-10-16(17)20)14-11-13(14)12-7-4-3-5-8-12/h3-10,13-14,18,21H,2,11H2,1H3. The van der Waals surface area contributed by atoms with E-state index in [0.29, 0.717) is 11.8 Å². The summed E-state index contributed by atoms with van der Waals surface area (Å²) in [5.74, 6) is 1.16. The molecular formula is C18H19Cl2N. The zero-order valence-corrected chi connectivity index (χ0v) is 13.5. The van der Waals surface area contributed by atoms with E-state index >= 15 is 0 Å². The lowest BCUT2D eigenvalue weighted by molar-refractivity contribution is 0.487. The Morgan fingerprint density at radius 1 is 1.05 bits per heavy atom. The van der Waals surface area contributed by atoms with Crippen molar-refractivity contribution in [2.24, 2.45) is 5.92 Å². The zero-order chi connectivity index (χ0) is 14.8. The molecule has 0 radical (unpaired) electrons. The van der Waals surface area contributed by atoms with Crippen LogP contribution in [0.25, 0.3) is 0 Å². The smallest absolute Gasteiger partial charge is 0.0468 e. The normalized spacial score (nSPS) is 22.0. The van der Waals surface area contributed by atoms with Crippen molar-refractivity contribution < 1.29 is 0 Å². The molecule has 3 heteroatoms. The van der Waals surface area contributed by atoms with Crippen molar-refractivity contribution in [2.75, 3.05) is 6.54 Å². The summed E-state index contributed by atoms with van der Waals surface area (Å²) in [7, 11) is 0. The quantitative estimate of drug-likeness (QED) is 0.772. The van der Waals surface area contributed by atoms with Crippen LogP contribution in [0.1, 0.15) is 36.4 Å². The van der Waals surface area contributed by atoms with Crippen LogP contribution in [0.15, 0.2) is 48.5 Å². The molecule has 21 heavy (non-hydrogen) atoms. The average Bonchev–Trinajstić information content (AvgIpc) is 3.27. The molecule has 3 atom stereocenters. The minimum atomic E-state index is 0.224. The predicted octanol–water partition coefficient (Wildman–Crippen LogP) is 5.45. The average molecular weight is 320 g/mol. The molecule has 1 aliphatic carbocycles. The number of hydrogen-bond donors (Lipinski definition) is 1. The summed E-state index contributed by atoms with van der Waals surface area (Å²) in [6, 6.07) is 16.7. The molecule has 1 N–H and O–H groups in total. The van der Waals surface area contributed by atoms with Gasteiger partial charge in [0, 0.05) is 21.7 Å². The van der Waals surface area contributed by atoms with Crippen molar-refractivity contribution in [2.45, 2.75) is 25.3 Å². The van der Waals surface area contributed by atoms with Crippen LogP contribution in [0.4, 0.5) is 0 Å². The summed E-state index contributed by atoms with van der Waals surface area (Å²) in [5.41, 5.74) is 2.46. The largest absolute Gasteiger partial charge is 0.310 e. The van der Waals surface area contributed by atoms with Gasteiger partial charge in [-0.1, -0.05) is 66.5 Å². The number of nitrogens with one attached hydrogen (secondary N) is 1. The van der Waals surface area contributed by atoms with E-state index in [-0.39, 0.29) is 6.04 Å². The van der Waals surface area contributed by atoms with Crippen molar-refractivity contribution in [1.29, 1.82) is 0 Å². The lowest BCUT2D eigenvalue weighted by Crippen LogP contribution is -2.24. The lowest BCUT2D eigenvalue weighted by atomic mass is 9.98. The summed E-state index contributed by atoms with van der Waals surface area (Å²) >= 11 is 12.8. The first kappa shape index (κ1) is 14.9. The third-order valence-electron chi connectivity index (χ3n) is 4.23. The predicted molar refractivity (Wildman–Crippen MR) is 90.2 cm³/mol. The van der Waals surface area contributed by atoms with Gasteiger partial charge in [-0.15, -0.1) is 0 Å². The van der Waals surface area contributed by atoms with Crippen molar-refractivity contribution in [1.82, 2.24) is 5.32 Å². The first-order chi connectivity index (χ1) is 10.2. The van der Waals surface area contributed by atoms with Crippen molar-refractivity contribution in [3.63, 3.8) is 0 Å². The third kappa shape index (κ3) is 3.11. The first-order valence-corrected chi connectivity index (χ1v) is 8.20. The Morgan fingerprint density at radius 2 is 1.71 bits per heavy atom. The summed E-state index contributed by atoms with van der Waals surface area (Å²) in [5, 5.41) is 5.09. The molecule has 1 fully saturated rings. The second kappa shape index (κ2) is 6.39. The van der Waals surface area contributed by atoms with Crippen LogP contribution in [0, 0.1) is 5.92 Å². The van der Waals surface area contributed by atoms with Gasteiger partial charge >= 0.3 is 0 Å². The molecule has 0 spiro atoms. The first-order valence-electron chi connectivity index (χ1n) is 7.44. The molecule has 2 aromatic rings. The van der Waals surface area contributed by atoms with E-state index in [2.05, 4.69) is 42.6 Å². The summed E-state index contributed by atoms with van der Waals surface area (Å²) in [6.45, 7) is 3.03. The Labute approximate surface area is 136 Å². The van der Waals surface area contributed by atoms with Gasteiger partial charge in [-0.2, -0.15) is 0 Å². The van der Waals surface area contributed by atoms with Gasteiger partial charge in [0.25, 0.3) is 0 Å². The second-order valence-electron chi connectivity index (χ2n) is 5.59. The van der Waals surface area contributed by atoms with Crippen LogP contribution in [-0.2, 0) is 0 Å². The summed E-state index contributed by atoms with van der Waals surface area (Å²) < 4.78 is 0. The molecule has 2 aromatic carbocycles. The maximum Gasteiger partial charge on any atom is 0.0468 e. The van der Waals surface area contributed by atoms with Crippen LogP contribution >= 0.6 is 23.2 Å². The van der Waals surface area contributed by atoms with E-state index in [9.17, 15) is 0 Å². The molecule has 3 unspecified atom stereocenters. The van der Waals surface area contributed by atoms with Gasteiger partial charge in [-0.25, -0.2) is 0 Å². The van der Waals surface area contributed by atoms with Gasteiger partial charge in [0.15, 0.2) is 0 Å². The highest BCUT2D eigenvalue weighted by atomic mass is 35.5. The van der Waals surface area contributed by atoms with E-state index in [1.165, 1.54) is 12.0 Å². The SMILES string of the molecule is CCNC(c1c(Cl)cccc1Cl)C1CC1c1ccccc1. The van der Waals surface area contributed by atoms with Gasteiger partial charge in [0.1, 0.15) is 0 Å². The van der Waals surface area contributed by atoms with E-state index in [1.807, 2.05) is 18.2 Å². The lowest BCUT2D eigenvalue weighted by Gasteiger charge is -2.21. The van der Waals surface area contributed by atoms with Gasteiger partial charge in [0.05, 0.1) is 0 Å². The van der Waals surface area contributed by atoms with E-state index in [4.69, 9.17) is 23.2 Å². The molecule has 0 heterocycles. The molecule has 0 aromatic heterocycles. The fourth-order valence-corrected chi connectivity index (χ4v) is 3.79. The number of rotatable bonds is 5. The van der Waals surface area contributed by atoms with E-state index < -0.39 is 0 Å². The highest BCUT2D eigenvalue weighted by Gasteiger charge is 2.45. The fourth-order valence-electron chi connectivity index (χ4n) is 3.16. The Bertz CT molecular complexity index is 592.